The number of nitrogens with one attached hydrogen (secondary N) is 1. The minimum Gasteiger partial charge on any atom is -0.493 e. The average molecular weight is 416 g/mol. The fourth-order valence-electron chi connectivity index (χ4n) is 2.17. The number of rotatable bonds is 9. The van der Waals surface area contributed by atoms with Crippen molar-refractivity contribution < 1.29 is 32.5 Å². The third-order valence-electron chi connectivity index (χ3n) is 3.43. The lowest BCUT2D eigenvalue weighted by molar-refractivity contribution is 0.0697. The molecule has 0 atom stereocenters. The molecule has 2 aromatic carbocycles. The summed E-state index contributed by atoms with van der Waals surface area (Å²) in [5.41, 5.74) is -0.466. The zero-order valence-corrected chi connectivity index (χ0v) is 16.1. The van der Waals surface area contributed by atoms with Gasteiger partial charge in [0.15, 0.2) is 11.5 Å². The number of sulfonamides is 1. The summed E-state index contributed by atoms with van der Waals surface area (Å²) in [6.45, 7) is 0.452. The molecule has 10 heteroatoms. The van der Waals surface area contributed by atoms with Gasteiger partial charge >= 0.3 is 5.97 Å². The lowest BCUT2D eigenvalue weighted by atomic mass is 10.1. The Labute approximate surface area is 161 Å². The van der Waals surface area contributed by atoms with Gasteiger partial charge in [-0.1, -0.05) is 17.7 Å². The van der Waals surface area contributed by atoms with Crippen LogP contribution in [-0.2, 0) is 14.8 Å². The van der Waals surface area contributed by atoms with E-state index in [2.05, 4.69) is 4.72 Å². The number of methoxy groups -OCH3 is 2. The number of carboxylic acid groups (broad SMARTS) is 1. The molecule has 0 aliphatic carbocycles. The van der Waals surface area contributed by atoms with Gasteiger partial charge in [-0.2, -0.15) is 0 Å². The van der Waals surface area contributed by atoms with Gasteiger partial charge in [-0.05, 0) is 18.2 Å². The van der Waals surface area contributed by atoms with Crippen molar-refractivity contribution in [1.29, 1.82) is 0 Å². The molecular formula is C17H18ClNO7S. The van der Waals surface area contributed by atoms with Crippen molar-refractivity contribution in [1.82, 2.24) is 0 Å². The predicted molar refractivity (Wildman–Crippen MR) is 99.6 cm³/mol. The van der Waals surface area contributed by atoms with Crippen LogP contribution in [0, 0.1) is 0 Å². The van der Waals surface area contributed by atoms with Crippen molar-refractivity contribution in [3.63, 3.8) is 0 Å². The number of hydrogen-bond acceptors (Lipinski definition) is 6. The molecular weight excluding hydrogens is 398 g/mol. The van der Waals surface area contributed by atoms with Crippen molar-refractivity contribution in [3.8, 4) is 11.5 Å². The molecule has 0 heterocycles. The number of carbonyl (C=O) groups is 1. The van der Waals surface area contributed by atoms with Crippen LogP contribution in [0.1, 0.15) is 10.4 Å². The summed E-state index contributed by atoms with van der Waals surface area (Å²) < 4.78 is 43.0. The molecule has 27 heavy (non-hydrogen) atoms. The average Bonchev–Trinajstić information content (AvgIpc) is 2.61. The van der Waals surface area contributed by atoms with E-state index in [0.717, 1.165) is 0 Å². The van der Waals surface area contributed by atoms with Crippen LogP contribution in [0.4, 0.5) is 5.69 Å². The normalized spacial score (nSPS) is 11.1. The summed E-state index contributed by atoms with van der Waals surface area (Å²) >= 11 is 5.84. The molecule has 2 N–H and O–H groups in total. The highest BCUT2D eigenvalue weighted by molar-refractivity contribution is 7.92. The molecule has 0 saturated heterocycles. The molecule has 8 nitrogen and oxygen atoms in total. The molecule has 0 amide bonds. The highest BCUT2D eigenvalue weighted by Gasteiger charge is 2.22. The Morgan fingerprint density at radius 3 is 2.48 bits per heavy atom. The van der Waals surface area contributed by atoms with Crippen molar-refractivity contribution >= 4 is 33.3 Å². The van der Waals surface area contributed by atoms with Gasteiger partial charge in [0.1, 0.15) is 6.61 Å². The van der Waals surface area contributed by atoms with E-state index in [9.17, 15) is 18.3 Å². The Balaban J connectivity index is 2.46. The van der Waals surface area contributed by atoms with E-state index in [1.807, 2.05) is 0 Å². The Bertz CT molecular complexity index is 931. The van der Waals surface area contributed by atoms with Crippen LogP contribution in [0.3, 0.4) is 0 Å². The summed E-state index contributed by atoms with van der Waals surface area (Å²) in [4.78, 5) is 11.5. The molecule has 0 aromatic heterocycles. The monoisotopic (exact) mass is 415 g/mol. The number of aromatic carboxylic acids is 1. The molecule has 0 saturated carbocycles. The van der Waals surface area contributed by atoms with Crippen molar-refractivity contribution in [2.24, 2.45) is 0 Å². The van der Waals surface area contributed by atoms with Crippen LogP contribution in [-0.4, -0.2) is 46.9 Å². The maximum absolute atomic E-state index is 12.6. The number of ether oxygens (including phenoxy) is 3. The SMILES string of the molecule is COCCOc1cc(NS(=O)(=O)c2cccc(Cl)c2)c(C(=O)O)cc1OC. The van der Waals surface area contributed by atoms with E-state index in [1.165, 1.54) is 50.6 Å². The summed E-state index contributed by atoms with van der Waals surface area (Å²) in [5.74, 6) is -1.02. The minimum atomic E-state index is -4.07. The Kier molecular flexibility index (Phi) is 6.89. The second kappa shape index (κ2) is 8.94. The van der Waals surface area contributed by atoms with E-state index >= 15 is 0 Å². The molecule has 0 aliphatic rings. The van der Waals surface area contributed by atoms with Gasteiger partial charge in [-0.15, -0.1) is 0 Å². The summed E-state index contributed by atoms with van der Waals surface area (Å²) in [7, 11) is -1.23. The topological polar surface area (TPSA) is 111 Å². The van der Waals surface area contributed by atoms with Crippen LogP contribution in [0.5, 0.6) is 11.5 Å². The number of halogens is 1. The first-order valence-electron chi connectivity index (χ1n) is 7.64. The van der Waals surface area contributed by atoms with E-state index in [-0.39, 0.29) is 45.9 Å². The lowest BCUT2D eigenvalue weighted by Crippen LogP contribution is -2.16. The van der Waals surface area contributed by atoms with Gasteiger partial charge in [0, 0.05) is 24.3 Å². The molecule has 0 spiro atoms. The number of anilines is 1. The Morgan fingerprint density at radius 2 is 1.89 bits per heavy atom. The van der Waals surface area contributed by atoms with Crippen LogP contribution < -0.4 is 14.2 Å². The van der Waals surface area contributed by atoms with Crippen LogP contribution in [0.25, 0.3) is 0 Å². The Hall–Kier alpha value is -2.49. The number of hydrogen-bond donors (Lipinski definition) is 2. The molecule has 0 aliphatic heterocycles. The number of benzene rings is 2. The lowest BCUT2D eigenvalue weighted by Gasteiger charge is -2.16. The first-order chi connectivity index (χ1) is 12.8. The van der Waals surface area contributed by atoms with E-state index in [0.29, 0.717) is 0 Å². The highest BCUT2D eigenvalue weighted by Crippen LogP contribution is 2.35. The molecule has 146 valence electrons. The third-order valence-corrected chi connectivity index (χ3v) is 5.03. The first kappa shape index (κ1) is 20.8. The molecule has 0 unspecified atom stereocenters. The smallest absolute Gasteiger partial charge is 0.337 e. The Morgan fingerprint density at radius 1 is 1.15 bits per heavy atom. The zero-order chi connectivity index (χ0) is 20.0. The molecule has 0 fully saturated rings. The molecule has 2 aromatic rings. The van der Waals surface area contributed by atoms with Gasteiger partial charge in [0.2, 0.25) is 0 Å². The van der Waals surface area contributed by atoms with Crippen molar-refractivity contribution in [2.45, 2.75) is 4.90 Å². The zero-order valence-electron chi connectivity index (χ0n) is 14.6. The fraction of sp³-hybridized carbons (Fsp3) is 0.235. The maximum atomic E-state index is 12.6. The molecule has 0 bridgehead atoms. The van der Waals surface area contributed by atoms with E-state index in [4.69, 9.17) is 25.8 Å². The van der Waals surface area contributed by atoms with E-state index < -0.39 is 16.0 Å². The van der Waals surface area contributed by atoms with Gasteiger partial charge in [0.05, 0.1) is 29.9 Å². The van der Waals surface area contributed by atoms with Crippen LogP contribution in [0.2, 0.25) is 5.02 Å². The molecule has 2 rings (SSSR count). The molecule has 0 radical (unpaired) electrons. The number of carboxylic acids is 1. The third kappa shape index (κ3) is 5.25. The standard InChI is InChI=1S/C17H18ClNO7S/c1-24-6-7-26-16-10-14(13(17(20)21)9-15(16)25-2)19-27(22,23)12-5-3-4-11(18)8-12/h3-5,8-10,19H,6-7H2,1-2H3,(H,20,21). The summed E-state index contributed by atoms with van der Waals surface area (Å²) in [6, 6.07) is 8.03. The maximum Gasteiger partial charge on any atom is 0.337 e. The minimum absolute atomic E-state index is 0.107. The summed E-state index contributed by atoms with van der Waals surface area (Å²) in [6.07, 6.45) is 0. The van der Waals surface area contributed by atoms with Gasteiger partial charge in [0.25, 0.3) is 10.0 Å². The fourth-order valence-corrected chi connectivity index (χ4v) is 3.54. The van der Waals surface area contributed by atoms with Gasteiger partial charge < -0.3 is 19.3 Å². The largest absolute Gasteiger partial charge is 0.493 e. The summed E-state index contributed by atoms with van der Waals surface area (Å²) in [5, 5.41) is 9.66. The highest BCUT2D eigenvalue weighted by atomic mass is 35.5. The van der Waals surface area contributed by atoms with Crippen molar-refractivity contribution in [2.75, 3.05) is 32.2 Å². The van der Waals surface area contributed by atoms with Gasteiger partial charge in [-0.25, -0.2) is 13.2 Å². The second-order valence-electron chi connectivity index (χ2n) is 5.26. The second-order valence-corrected chi connectivity index (χ2v) is 7.38. The van der Waals surface area contributed by atoms with Crippen molar-refractivity contribution in [3.05, 3.63) is 47.0 Å². The van der Waals surface area contributed by atoms with Gasteiger partial charge in [-0.3, -0.25) is 4.72 Å². The predicted octanol–water partition coefficient (Wildman–Crippen LogP) is 2.87. The van der Waals surface area contributed by atoms with Crippen LogP contribution in [0.15, 0.2) is 41.3 Å². The van der Waals surface area contributed by atoms with Crippen LogP contribution >= 0.6 is 11.6 Å². The van der Waals surface area contributed by atoms with E-state index in [1.54, 1.807) is 0 Å². The quantitative estimate of drug-likeness (QED) is 0.605. The first-order valence-corrected chi connectivity index (χ1v) is 9.50.